The first-order valence-electron chi connectivity index (χ1n) is 18.4. The van der Waals surface area contributed by atoms with Crippen molar-refractivity contribution in [3.05, 3.63) is 173 Å². The zero-order valence-electron chi connectivity index (χ0n) is 30.8. The molecule has 51 heavy (non-hydrogen) atoms. The average Bonchev–Trinajstić information content (AvgIpc) is 3.50. The molecular formula is C50H45N. The number of anilines is 3. The summed E-state index contributed by atoms with van der Waals surface area (Å²) in [5.74, 6) is 0. The highest BCUT2D eigenvalue weighted by Gasteiger charge is 2.37. The van der Waals surface area contributed by atoms with Gasteiger partial charge in [0.1, 0.15) is 0 Å². The molecule has 0 saturated heterocycles. The fraction of sp³-hybridized carbons (Fsp3) is 0.200. The molecule has 2 aliphatic rings. The summed E-state index contributed by atoms with van der Waals surface area (Å²) in [7, 11) is 0. The van der Waals surface area contributed by atoms with Crippen molar-refractivity contribution in [1.82, 2.24) is 0 Å². The van der Waals surface area contributed by atoms with E-state index in [1.165, 1.54) is 77.7 Å². The van der Waals surface area contributed by atoms with E-state index in [0.717, 1.165) is 11.4 Å². The molecule has 0 fully saturated rings. The van der Waals surface area contributed by atoms with Gasteiger partial charge in [-0.3, -0.25) is 0 Å². The molecule has 0 aliphatic heterocycles. The predicted molar refractivity (Wildman–Crippen MR) is 218 cm³/mol. The lowest BCUT2D eigenvalue weighted by atomic mass is 9.81. The van der Waals surface area contributed by atoms with Gasteiger partial charge < -0.3 is 4.90 Å². The van der Waals surface area contributed by atoms with E-state index in [2.05, 4.69) is 199 Å². The van der Waals surface area contributed by atoms with Crippen molar-refractivity contribution >= 4 is 27.8 Å². The minimum Gasteiger partial charge on any atom is -0.310 e. The molecule has 0 unspecified atom stereocenters. The molecule has 2 aliphatic carbocycles. The van der Waals surface area contributed by atoms with Gasteiger partial charge in [0, 0.05) is 27.8 Å². The second kappa shape index (κ2) is 11.0. The highest BCUT2D eigenvalue weighted by molar-refractivity contribution is 6.06. The molecule has 7 aromatic carbocycles. The van der Waals surface area contributed by atoms with Gasteiger partial charge >= 0.3 is 0 Å². The Morgan fingerprint density at radius 2 is 1.02 bits per heavy atom. The van der Waals surface area contributed by atoms with Crippen molar-refractivity contribution in [3.8, 4) is 33.4 Å². The lowest BCUT2D eigenvalue weighted by Gasteiger charge is -2.31. The summed E-state index contributed by atoms with van der Waals surface area (Å²) in [4.78, 5) is 2.50. The van der Waals surface area contributed by atoms with E-state index >= 15 is 0 Å². The Morgan fingerprint density at radius 1 is 0.451 bits per heavy atom. The Hall–Kier alpha value is -5.40. The van der Waals surface area contributed by atoms with Gasteiger partial charge in [0.05, 0.1) is 5.69 Å². The SMILES string of the molecule is CC(C)(C)c1ccc(N(c2ccc3c(c2)-c2ccccc2C3(C)C)c2ccc3ccccc3c2-c2ccc3c(c2)C(C)(C)c2ccccc2-3)cc1. The second-order valence-electron chi connectivity index (χ2n) is 16.6. The highest BCUT2D eigenvalue weighted by atomic mass is 15.1. The molecule has 0 aromatic heterocycles. The molecular weight excluding hydrogens is 615 g/mol. The van der Waals surface area contributed by atoms with Crippen molar-refractivity contribution in [3.63, 3.8) is 0 Å². The third-order valence-corrected chi connectivity index (χ3v) is 11.8. The van der Waals surface area contributed by atoms with Crippen LogP contribution in [0.1, 0.15) is 76.3 Å². The van der Waals surface area contributed by atoms with Crippen LogP contribution < -0.4 is 4.90 Å². The molecule has 250 valence electrons. The molecule has 7 aromatic rings. The summed E-state index contributed by atoms with van der Waals surface area (Å²) >= 11 is 0. The van der Waals surface area contributed by atoms with Crippen LogP contribution in [0.4, 0.5) is 17.1 Å². The van der Waals surface area contributed by atoms with E-state index in [4.69, 9.17) is 0 Å². The Morgan fingerprint density at radius 3 is 1.73 bits per heavy atom. The first-order chi connectivity index (χ1) is 24.4. The van der Waals surface area contributed by atoms with E-state index in [9.17, 15) is 0 Å². The zero-order chi connectivity index (χ0) is 35.3. The van der Waals surface area contributed by atoms with Gasteiger partial charge in [-0.1, -0.05) is 158 Å². The molecule has 0 bridgehead atoms. The van der Waals surface area contributed by atoms with Crippen LogP contribution in [0, 0.1) is 0 Å². The largest absolute Gasteiger partial charge is 0.310 e. The molecule has 0 spiro atoms. The van der Waals surface area contributed by atoms with Crippen LogP contribution in [-0.2, 0) is 16.2 Å². The minimum atomic E-state index is -0.0880. The van der Waals surface area contributed by atoms with E-state index < -0.39 is 0 Å². The number of fused-ring (bicyclic) bond motifs is 7. The van der Waals surface area contributed by atoms with Gasteiger partial charge in [0.25, 0.3) is 0 Å². The third-order valence-electron chi connectivity index (χ3n) is 11.8. The molecule has 9 rings (SSSR count). The first-order valence-corrected chi connectivity index (χ1v) is 18.4. The smallest absolute Gasteiger partial charge is 0.0546 e. The van der Waals surface area contributed by atoms with Crippen LogP contribution in [0.2, 0.25) is 0 Å². The van der Waals surface area contributed by atoms with Gasteiger partial charge in [-0.2, -0.15) is 0 Å². The van der Waals surface area contributed by atoms with Crippen LogP contribution in [0.3, 0.4) is 0 Å². The van der Waals surface area contributed by atoms with Gasteiger partial charge in [-0.05, 0) is 108 Å². The van der Waals surface area contributed by atoms with Crippen LogP contribution in [-0.4, -0.2) is 0 Å². The zero-order valence-corrected chi connectivity index (χ0v) is 30.8. The third kappa shape index (κ3) is 4.75. The summed E-state index contributed by atoms with van der Waals surface area (Å²) in [6.45, 7) is 16.3. The molecule has 0 N–H and O–H groups in total. The standard InChI is InChI=1S/C50H45N/c1-48(2,3)34-22-24-35(25-23-34)51(36-26-28-44-41(31-36)39-17-11-13-19-43(39)49(44,4)5)46-29-21-32-14-8-9-15-37(32)47(46)33-20-27-40-38-16-10-12-18-42(38)50(6,7)45(40)30-33/h8-31H,1-7H3. The maximum absolute atomic E-state index is 2.50. The first kappa shape index (κ1) is 31.6. The van der Waals surface area contributed by atoms with Crippen LogP contribution in [0.25, 0.3) is 44.2 Å². The average molecular weight is 660 g/mol. The Bertz CT molecular complexity index is 2500. The Balaban J connectivity index is 1.31. The molecule has 0 heterocycles. The normalized spacial score (nSPS) is 14.9. The van der Waals surface area contributed by atoms with Gasteiger partial charge in [-0.15, -0.1) is 0 Å². The van der Waals surface area contributed by atoms with Gasteiger partial charge in [0.15, 0.2) is 0 Å². The summed E-state index contributed by atoms with van der Waals surface area (Å²) in [6, 6.07) is 54.9. The molecule has 0 saturated carbocycles. The molecule has 0 radical (unpaired) electrons. The lowest BCUT2D eigenvalue weighted by molar-refractivity contribution is 0.590. The maximum atomic E-state index is 2.50. The number of hydrogen-bond acceptors (Lipinski definition) is 1. The highest BCUT2D eigenvalue weighted by Crippen LogP contribution is 2.53. The van der Waals surface area contributed by atoms with E-state index in [-0.39, 0.29) is 16.2 Å². The maximum Gasteiger partial charge on any atom is 0.0546 e. The molecule has 1 nitrogen and oxygen atoms in total. The fourth-order valence-electron chi connectivity index (χ4n) is 8.99. The number of hydrogen-bond donors (Lipinski definition) is 0. The van der Waals surface area contributed by atoms with E-state index in [1.807, 2.05) is 0 Å². The second-order valence-corrected chi connectivity index (χ2v) is 16.6. The quantitative estimate of drug-likeness (QED) is 0.182. The summed E-state index contributed by atoms with van der Waals surface area (Å²) < 4.78 is 0. The van der Waals surface area contributed by atoms with Crippen LogP contribution >= 0.6 is 0 Å². The van der Waals surface area contributed by atoms with Crippen LogP contribution in [0.15, 0.2) is 146 Å². The van der Waals surface area contributed by atoms with Crippen LogP contribution in [0.5, 0.6) is 0 Å². The fourth-order valence-corrected chi connectivity index (χ4v) is 8.99. The van der Waals surface area contributed by atoms with Crippen molar-refractivity contribution in [2.75, 3.05) is 4.90 Å². The summed E-state index contributed by atoms with van der Waals surface area (Å²) in [5.41, 5.74) is 18.2. The van der Waals surface area contributed by atoms with Crippen molar-refractivity contribution in [1.29, 1.82) is 0 Å². The topological polar surface area (TPSA) is 3.24 Å². The Kier molecular flexibility index (Phi) is 6.84. The lowest BCUT2D eigenvalue weighted by Crippen LogP contribution is -2.16. The van der Waals surface area contributed by atoms with Crippen molar-refractivity contribution in [2.45, 2.75) is 64.7 Å². The van der Waals surface area contributed by atoms with Gasteiger partial charge in [-0.25, -0.2) is 0 Å². The van der Waals surface area contributed by atoms with Gasteiger partial charge in [0.2, 0.25) is 0 Å². The summed E-state index contributed by atoms with van der Waals surface area (Å²) in [6.07, 6.45) is 0. The minimum absolute atomic E-state index is 0.0491. The van der Waals surface area contributed by atoms with Crippen molar-refractivity contribution < 1.29 is 0 Å². The monoisotopic (exact) mass is 659 g/mol. The predicted octanol–water partition coefficient (Wildman–Crippen LogP) is 13.9. The molecule has 0 amide bonds. The van der Waals surface area contributed by atoms with E-state index in [0.29, 0.717) is 0 Å². The van der Waals surface area contributed by atoms with E-state index in [1.54, 1.807) is 0 Å². The molecule has 0 atom stereocenters. The Labute approximate surface area is 303 Å². The summed E-state index contributed by atoms with van der Waals surface area (Å²) in [5, 5.41) is 2.50. The number of benzene rings is 7. The number of nitrogens with zero attached hydrogens (tertiary/aromatic N) is 1. The van der Waals surface area contributed by atoms with Crippen molar-refractivity contribution in [2.24, 2.45) is 0 Å². The molecule has 1 heteroatoms. The number of rotatable bonds is 4.